The molecule has 25 heavy (non-hydrogen) atoms. The first-order valence-electron chi connectivity index (χ1n) is 8.49. The molecule has 0 saturated heterocycles. The van der Waals surface area contributed by atoms with E-state index in [-0.39, 0.29) is 30.6 Å². The molecule has 136 valence electrons. The highest BCUT2D eigenvalue weighted by molar-refractivity contribution is 5.97. The molecular weight excluding hydrogens is 322 g/mol. The maximum Gasteiger partial charge on any atom is 0.319 e. The first kappa shape index (κ1) is 18.8. The molecule has 1 saturated carbocycles. The molecule has 0 bridgehead atoms. The maximum atomic E-state index is 12.8. The number of carbonyl (C=O) groups is 3. The normalized spacial score (nSPS) is 14.7. The molecular formula is C18H25N3O4. The van der Waals surface area contributed by atoms with Gasteiger partial charge in [-0.25, -0.2) is 4.79 Å². The SMILES string of the molecule is CC(C)NC(=O)Nc1cccc(C(=O)N(CC(C)C(=O)O)C2CC2)c1. The van der Waals surface area contributed by atoms with E-state index in [9.17, 15) is 14.4 Å². The second-order valence-corrected chi connectivity index (χ2v) is 6.76. The molecule has 1 atom stereocenters. The van der Waals surface area contributed by atoms with Gasteiger partial charge in [0.15, 0.2) is 0 Å². The van der Waals surface area contributed by atoms with E-state index in [1.165, 1.54) is 0 Å². The van der Waals surface area contributed by atoms with Crippen LogP contribution in [0.5, 0.6) is 0 Å². The number of nitrogens with one attached hydrogen (secondary N) is 2. The molecule has 0 radical (unpaired) electrons. The van der Waals surface area contributed by atoms with Gasteiger partial charge in [0.05, 0.1) is 5.92 Å². The zero-order valence-electron chi connectivity index (χ0n) is 14.8. The van der Waals surface area contributed by atoms with Crippen LogP contribution in [0.4, 0.5) is 10.5 Å². The van der Waals surface area contributed by atoms with E-state index in [0.717, 1.165) is 12.8 Å². The number of amides is 3. The summed E-state index contributed by atoms with van der Waals surface area (Å²) in [5.41, 5.74) is 0.956. The smallest absolute Gasteiger partial charge is 0.319 e. The standard InChI is InChI=1S/C18H25N3O4/c1-11(2)19-18(25)20-14-6-4-5-13(9-14)16(22)21(15-7-8-15)10-12(3)17(23)24/h4-6,9,11-12,15H,7-8,10H2,1-3H3,(H,23,24)(H2,19,20,25). The third-order valence-electron chi connectivity index (χ3n) is 3.93. The zero-order chi connectivity index (χ0) is 18.6. The lowest BCUT2D eigenvalue weighted by Gasteiger charge is -2.24. The number of rotatable bonds is 7. The summed E-state index contributed by atoms with van der Waals surface area (Å²) in [7, 11) is 0. The first-order chi connectivity index (χ1) is 11.8. The van der Waals surface area contributed by atoms with E-state index < -0.39 is 11.9 Å². The Bertz CT molecular complexity index is 655. The van der Waals surface area contributed by atoms with Gasteiger partial charge in [-0.2, -0.15) is 0 Å². The van der Waals surface area contributed by atoms with Gasteiger partial charge in [0.1, 0.15) is 0 Å². The van der Waals surface area contributed by atoms with Gasteiger partial charge in [-0.1, -0.05) is 13.0 Å². The average molecular weight is 347 g/mol. The molecule has 1 aliphatic carbocycles. The summed E-state index contributed by atoms with van der Waals surface area (Å²) in [6.07, 6.45) is 1.79. The fourth-order valence-corrected chi connectivity index (χ4v) is 2.48. The van der Waals surface area contributed by atoms with E-state index in [4.69, 9.17) is 5.11 Å². The molecule has 1 aromatic carbocycles. The van der Waals surface area contributed by atoms with Gasteiger partial charge < -0.3 is 20.6 Å². The number of urea groups is 1. The quantitative estimate of drug-likeness (QED) is 0.706. The van der Waals surface area contributed by atoms with Crippen molar-refractivity contribution < 1.29 is 19.5 Å². The Balaban J connectivity index is 2.10. The maximum absolute atomic E-state index is 12.8. The Kier molecular flexibility index (Phi) is 6.01. The predicted molar refractivity (Wildman–Crippen MR) is 94.6 cm³/mol. The Morgan fingerprint density at radius 1 is 1.24 bits per heavy atom. The van der Waals surface area contributed by atoms with E-state index >= 15 is 0 Å². The Hall–Kier alpha value is -2.57. The highest BCUT2D eigenvalue weighted by Gasteiger charge is 2.35. The highest BCUT2D eigenvalue weighted by atomic mass is 16.4. The molecule has 1 aliphatic rings. The number of anilines is 1. The summed E-state index contributed by atoms with van der Waals surface area (Å²) in [5.74, 6) is -1.74. The molecule has 0 aliphatic heterocycles. The molecule has 1 unspecified atom stereocenters. The van der Waals surface area contributed by atoms with Crippen molar-refractivity contribution in [2.75, 3.05) is 11.9 Å². The zero-order valence-corrected chi connectivity index (χ0v) is 14.8. The molecule has 0 spiro atoms. The number of carbonyl (C=O) groups excluding carboxylic acids is 2. The van der Waals surface area contributed by atoms with Crippen LogP contribution in [0.15, 0.2) is 24.3 Å². The third kappa shape index (κ3) is 5.48. The van der Waals surface area contributed by atoms with Crippen LogP contribution in [0.25, 0.3) is 0 Å². The largest absolute Gasteiger partial charge is 0.481 e. The number of benzene rings is 1. The molecule has 0 aromatic heterocycles. The topological polar surface area (TPSA) is 98.7 Å². The fraction of sp³-hybridized carbons (Fsp3) is 0.500. The number of hydrogen-bond acceptors (Lipinski definition) is 3. The van der Waals surface area contributed by atoms with Crippen LogP contribution in [0.3, 0.4) is 0 Å². The van der Waals surface area contributed by atoms with Crippen LogP contribution in [-0.2, 0) is 4.79 Å². The van der Waals surface area contributed by atoms with Gasteiger partial charge >= 0.3 is 12.0 Å². The monoisotopic (exact) mass is 347 g/mol. The van der Waals surface area contributed by atoms with E-state index in [2.05, 4.69) is 10.6 Å². The number of aliphatic carboxylic acids is 1. The van der Waals surface area contributed by atoms with Crippen molar-refractivity contribution in [1.82, 2.24) is 10.2 Å². The third-order valence-corrected chi connectivity index (χ3v) is 3.93. The number of nitrogens with zero attached hydrogens (tertiary/aromatic N) is 1. The van der Waals surface area contributed by atoms with Gasteiger partial charge in [0, 0.05) is 29.9 Å². The van der Waals surface area contributed by atoms with Crippen LogP contribution < -0.4 is 10.6 Å². The lowest BCUT2D eigenvalue weighted by molar-refractivity contribution is -0.141. The highest BCUT2D eigenvalue weighted by Crippen LogP contribution is 2.29. The summed E-state index contributed by atoms with van der Waals surface area (Å²) < 4.78 is 0. The Labute approximate surface area is 147 Å². The number of carboxylic acids is 1. The van der Waals surface area contributed by atoms with Crippen LogP contribution in [-0.4, -0.2) is 46.5 Å². The molecule has 7 nitrogen and oxygen atoms in total. The van der Waals surface area contributed by atoms with Gasteiger partial charge in [0.2, 0.25) is 0 Å². The van der Waals surface area contributed by atoms with Crippen molar-refractivity contribution in [1.29, 1.82) is 0 Å². The van der Waals surface area contributed by atoms with Crippen molar-refractivity contribution in [3.05, 3.63) is 29.8 Å². The summed E-state index contributed by atoms with van der Waals surface area (Å²) in [4.78, 5) is 37.3. The molecule has 3 amide bonds. The van der Waals surface area contributed by atoms with Crippen molar-refractivity contribution in [2.45, 2.75) is 45.7 Å². The van der Waals surface area contributed by atoms with E-state index in [1.807, 2.05) is 13.8 Å². The van der Waals surface area contributed by atoms with Gasteiger partial charge in [0.25, 0.3) is 5.91 Å². The minimum atomic E-state index is -0.917. The van der Waals surface area contributed by atoms with E-state index in [1.54, 1.807) is 36.1 Å². The minimum Gasteiger partial charge on any atom is -0.481 e. The lowest BCUT2D eigenvalue weighted by Crippen LogP contribution is -2.38. The average Bonchev–Trinajstić information content (AvgIpc) is 3.35. The predicted octanol–water partition coefficient (Wildman–Crippen LogP) is 2.54. The lowest BCUT2D eigenvalue weighted by atomic mass is 10.1. The minimum absolute atomic E-state index is 0.00711. The van der Waals surface area contributed by atoms with Crippen LogP contribution in [0, 0.1) is 5.92 Å². The van der Waals surface area contributed by atoms with Crippen LogP contribution >= 0.6 is 0 Å². The second-order valence-electron chi connectivity index (χ2n) is 6.76. The first-order valence-corrected chi connectivity index (χ1v) is 8.49. The second kappa shape index (κ2) is 8.00. The molecule has 7 heteroatoms. The summed E-state index contributed by atoms with van der Waals surface area (Å²) in [6.45, 7) is 5.50. The van der Waals surface area contributed by atoms with Gasteiger partial charge in [-0.15, -0.1) is 0 Å². The molecule has 0 heterocycles. The molecule has 2 rings (SSSR count). The van der Waals surface area contributed by atoms with Crippen molar-refractivity contribution in [2.24, 2.45) is 5.92 Å². The number of carboxylic acid groups (broad SMARTS) is 1. The molecule has 1 fully saturated rings. The van der Waals surface area contributed by atoms with Crippen molar-refractivity contribution >= 4 is 23.6 Å². The van der Waals surface area contributed by atoms with Crippen LogP contribution in [0.1, 0.15) is 44.0 Å². The summed E-state index contributed by atoms with van der Waals surface area (Å²) in [6, 6.07) is 6.47. The fourth-order valence-electron chi connectivity index (χ4n) is 2.48. The Morgan fingerprint density at radius 3 is 2.48 bits per heavy atom. The summed E-state index contributed by atoms with van der Waals surface area (Å²) in [5, 5.41) is 14.5. The summed E-state index contributed by atoms with van der Waals surface area (Å²) >= 11 is 0. The van der Waals surface area contributed by atoms with Crippen LogP contribution in [0.2, 0.25) is 0 Å². The molecule has 1 aromatic rings. The van der Waals surface area contributed by atoms with Gasteiger partial charge in [-0.3, -0.25) is 9.59 Å². The van der Waals surface area contributed by atoms with Gasteiger partial charge in [-0.05, 0) is 44.9 Å². The van der Waals surface area contributed by atoms with Crippen molar-refractivity contribution in [3.63, 3.8) is 0 Å². The van der Waals surface area contributed by atoms with E-state index in [0.29, 0.717) is 11.3 Å². The van der Waals surface area contributed by atoms with Crippen molar-refractivity contribution in [3.8, 4) is 0 Å². The Morgan fingerprint density at radius 2 is 1.92 bits per heavy atom. The number of hydrogen-bond donors (Lipinski definition) is 3. The molecule has 3 N–H and O–H groups in total.